The molecule has 2 saturated heterocycles. The number of nitrogens with zero attached hydrogens (tertiary/aromatic N) is 1. The summed E-state index contributed by atoms with van der Waals surface area (Å²) in [5.41, 5.74) is 1.66. The van der Waals surface area contributed by atoms with Gasteiger partial charge < -0.3 is 24.2 Å². The van der Waals surface area contributed by atoms with E-state index in [4.69, 9.17) is 19.0 Å². The second kappa shape index (κ2) is 4.44. The number of ether oxygens (including phenoxy) is 3. The molecule has 4 rings (SSSR count). The first kappa shape index (κ1) is 12.1. The van der Waals surface area contributed by atoms with Gasteiger partial charge in [0.2, 0.25) is 0 Å². The van der Waals surface area contributed by atoms with Crippen molar-refractivity contribution in [3.63, 3.8) is 0 Å². The number of hydrogen-bond donors (Lipinski definition) is 1. The minimum absolute atomic E-state index is 0.159. The molecule has 3 heterocycles. The zero-order chi connectivity index (χ0) is 13.7. The minimum Gasteiger partial charge on any atom is -0.497 e. The van der Waals surface area contributed by atoms with Gasteiger partial charge in [0.25, 0.3) is 0 Å². The Morgan fingerprint density at radius 1 is 1.30 bits per heavy atom. The van der Waals surface area contributed by atoms with Crippen LogP contribution in [0.2, 0.25) is 0 Å². The van der Waals surface area contributed by atoms with E-state index >= 15 is 0 Å². The van der Waals surface area contributed by atoms with E-state index in [1.54, 1.807) is 7.11 Å². The van der Waals surface area contributed by atoms with Crippen molar-refractivity contribution in [3.8, 4) is 5.75 Å². The van der Waals surface area contributed by atoms with E-state index in [9.17, 15) is 5.11 Å². The van der Waals surface area contributed by atoms with Gasteiger partial charge in [-0.2, -0.15) is 0 Å². The first-order valence-electron chi connectivity index (χ1n) is 6.61. The zero-order valence-electron chi connectivity index (χ0n) is 10.9. The summed E-state index contributed by atoms with van der Waals surface area (Å²) in [6.07, 6.45) is -1.78. The Labute approximate surface area is 115 Å². The molecular weight excluding hydrogens is 262 g/mol. The number of aliphatic hydroxyl groups is 1. The molecule has 3 aliphatic rings. The molecule has 1 aromatic carbocycles. The Morgan fingerprint density at radius 2 is 2.10 bits per heavy atom. The Kier molecular flexibility index (Phi) is 2.70. The predicted molar refractivity (Wildman–Crippen MR) is 68.5 cm³/mol. The van der Waals surface area contributed by atoms with Crippen molar-refractivity contribution in [3.05, 3.63) is 29.8 Å². The van der Waals surface area contributed by atoms with E-state index in [-0.39, 0.29) is 18.1 Å². The fraction of sp³-hybridized carbons (Fsp3) is 0.500. The van der Waals surface area contributed by atoms with Crippen LogP contribution in [0, 0.1) is 5.92 Å². The van der Waals surface area contributed by atoms with Gasteiger partial charge in [-0.25, -0.2) is 0 Å². The topological polar surface area (TPSA) is 69.5 Å². The van der Waals surface area contributed by atoms with Crippen molar-refractivity contribution in [2.75, 3.05) is 13.7 Å². The summed E-state index contributed by atoms with van der Waals surface area (Å²) in [6.45, 7) is 0.439. The summed E-state index contributed by atoms with van der Waals surface area (Å²) in [5.74, 6) is 0.565. The van der Waals surface area contributed by atoms with E-state index in [1.807, 2.05) is 24.3 Å². The lowest BCUT2D eigenvalue weighted by molar-refractivity contribution is -0.197. The molecule has 2 fully saturated rings. The molecule has 0 saturated carbocycles. The first-order chi connectivity index (χ1) is 9.78. The zero-order valence-corrected chi connectivity index (χ0v) is 10.9. The van der Waals surface area contributed by atoms with Gasteiger partial charge in [0.1, 0.15) is 18.0 Å². The van der Waals surface area contributed by atoms with Crippen LogP contribution < -0.4 is 4.74 Å². The molecule has 1 aromatic rings. The highest BCUT2D eigenvalue weighted by atomic mass is 16.8. The van der Waals surface area contributed by atoms with E-state index in [0.717, 1.165) is 17.0 Å². The van der Waals surface area contributed by atoms with Crippen LogP contribution in [0.4, 0.5) is 0 Å². The average Bonchev–Trinajstić information content (AvgIpc) is 3.11. The number of methoxy groups -OCH3 is 1. The van der Waals surface area contributed by atoms with E-state index < -0.39 is 12.4 Å². The summed E-state index contributed by atoms with van der Waals surface area (Å²) < 4.78 is 16.1. The lowest BCUT2D eigenvalue weighted by Gasteiger charge is -2.32. The minimum atomic E-state index is -0.762. The number of benzene rings is 1. The van der Waals surface area contributed by atoms with Crippen molar-refractivity contribution < 1.29 is 24.2 Å². The monoisotopic (exact) mass is 277 g/mol. The number of fused-ring (bicyclic) bond motifs is 4. The van der Waals surface area contributed by atoms with Gasteiger partial charge in [-0.3, -0.25) is 0 Å². The fourth-order valence-electron chi connectivity index (χ4n) is 3.02. The smallest absolute Gasteiger partial charge is 0.184 e. The highest BCUT2D eigenvalue weighted by molar-refractivity contribution is 6.03. The molecule has 106 valence electrons. The number of aliphatic hydroxyl groups excluding tert-OH is 1. The van der Waals surface area contributed by atoms with Crippen LogP contribution in [-0.4, -0.2) is 49.1 Å². The Balaban J connectivity index is 1.65. The lowest BCUT2D eigenvalue weighted by Crippen LogP contribution is -2.51. The maximum Gasteiger partial charge on any atom is 0.184 e. The van der Waals surface area contributed by atoms with Crippen LogP contribution >= 0.6 is 0 Å². The largest absolute Gasteiger partial charge is 0.497 e. The molecule has 1 N–H and O–H groups in total. The molecule has 0 aromatic heterocycles. The summed E-state index contributed by atoms with van der Waals surface area (Å²) >= 11 is 0. The highest BCUT2D eigenvalue weighted by Gasteiger charge is 2.56. The normalized spacial score (nSPS) is 38.1. The van der Waals surface area contributed by atoms with Crippen LogP contribution in [0.5, 0.6) is 5.75 Å². The van der Waals surface area contributed by atoms with E-state index in [0.29, 0.717) is 6.61 Å². The highest BCUT2D eigenvalue weighted by Crippen LogP contribution is 2.39. The van der Waals surface area contributed by atoms with Gasteiger partial charge in [0, 0.05) is 5.56 Å². The molecule has 3 aliphatic heterocycles. The van der Waals surface area contributed by atoms with Crippen LogP contribution in [-0.2, 0) is 14.3 Å². The second-order valence-corrected chi connectivity index (χ2v) is 5.17. The molecule has 2 bridgehead atoms. The molecular formula is C14H15NO5. The van der Waals surface area contributed by atoms with Crippen molar-refractivity contribution in [1.82, 2.24) is 0 Å². The standard InChI is InChI=1S/C14H15NO5/c1-17-8-4-2-7(3-5-8)11-10-12(16)14-18-6-9(19-14)13(10)20-15-11/h2-5,9-10,12-14,16H,6H2,1H3/t9-,10-,12-,13-,14+/m1/s1. The molecule has 6 heteroatoms. The lowest BCUT2D eigenvalue weighted by atomic mass is 9.84. The summed E-state index contributed by atoms with van der Waals surface area (Å²) in [6, 6.07) is 7.55. The number of oxime groups is 1. The van der Waals surface area contributed by atoms with Crippen LogP contribution in [0.1, 0.15) is 5.56 Å². The first-order valence-corrected chi connectivity index (χ1v) is 6.61. The maximum absolute atomic E-state index is 10.4. The molecule has 20 heavy (non-hydrogen) atoms. The summed E-state index contributed by atoms with van der Waals surface area (Å²) in [5, 5.41) is 14.5. The Bertz CT molecular complexity index is 543. The van der Waals surface area contributed by atoms with Gasteiger partial charge in [0.05, 0.1) is 25.3 Å². The molecule has 5 atom stereocenters. The Morgan fingerprint density at radius 3 is 2.85 bits per heavy atom. The van der Waals surface area contributed by atoms with Crippen molar-refractivity contribution in [2.45, 2.75) is 24.6 Å². The van der Waals surface area contributed by atoms with Crippen LogP contribution in [0.25, 0.3) is 0 Å². The third kappa shape index (κ3) is 1.65. The molecule has 0 spiro atoms. The molecule has 6 nitrogen and oxygen atoms in total. The number of hydrogen-bond acceptors (Lipinski definition) is 6. The quantitative estimate of drug-likeness (QED) is 0.854. The second-order valence-electron chi connectivity index (χ2n) is 5.17. The maximum atomic E-state index is 10.4. The third-order valence-electron chi connectivity index (χ3n) is 4.08. The fourth-order valence-corrected chi connectivity index (χ4v) is 3.02. The van der Waals surface area contributed by atoms with E-state index in [1.165, 1.54) is 0 Å². The van der Waals surface area contributed by atoms with Crippen LogP contribution in [0.15, 0.2) is 29.4 Å². The summed E-state index contributed by atoms with van der Waals surface area (Å²) in [4.78, 5) is 5.47. The van der Waals surface area contributed by atoms with Gasteiger partial charge >= 0.3 is 0 Å². The van der Waals surface area contributed by atoms with Crippen molar-refractivity contribution in [2.24, 2.45) is 11.1 Å². The molecule has 0 amide bonds. The van der Waals surface area contributed by atoms with Gasteiger partial charge in [0.15, 0.2) is 12.4 Å². The third-order valence-corrected chi connectivity index (χ3v) is 4.08. The van der Waals surface area contributed by atoms with Gasteiger partial charge in [-0.15, -0.1) is 0 Å². The molecule has 0 radical (unpaired) electrons. The predicted octanol–water partition coefficient (Wildman–Crippen LogP) is 0.530. The van der Waals surface area contributed by atoms with Gasteiger partial charge in [-0.1, -0.05) is 5.16 Å². The number of rotatable bonds is 2. The Hall–Kier alpha value is -1.63. The summed E-state index contributed by atoms with van der Waals surface area (Å²) in [7, 11) is 1.62. The van der Waals surface area contributed by atoms with E-state index in [2.05, 4.69) is 5.16 Å². The average molecular weight is 277 g/mol. The molecule has 0 unspecified atom stereocenters. The van der Waals surface area contributed by atoms with Crippen molar-refractivity contribution >= 4 is 5.71 Å². The van der Waals surface area contributed by atoms with Gasteiger partial charge in [-0.05, 0) is 24.3 Å². The van der Waals surface area contributed by atoms with Crippen molar-refractivity contribution in [1.29, 1.82) is 0 Å². The van der Waals surface area contributed by atoms with Crippen LogP contribution in [0.3, 0.4) is 0 Å². The molecule has 0 aliphatic carbocycles. The SMILES string of the molecule is COc1ccc(C2=NO[C@H]3[C@H]2[C@@H](O)[C@H]2OC[C@H]3O2)cc1.